The quantitative estimate of drug-likeness (QED) is 0.835. The van der Waals surface area contributed by atoms with Gasteiger partial charge in [0.15, 0.2) is 0 Å². The molecule has 2 aliphatic rings. The number of hydrogen-bond acceptors (Lipinski definition) is 2. The van der Waals surface area contributed by atoms with E-state index < -0.39 is 0 Å². The predicted molar refractivity (Wildman–Crippen MR) is 83.5 cm³/mol. The standard InChI is InChI=1S/C17H34N2/c1-5-18-15(4)17-8-6-7-9-19(17)16-11-13(2)10-14(3)12-16/h13-18H,5-12H2,1-4H3. The third kappa shape index (κ3) is 3.95. The van der Waals surface area contributed by atoms with E-state index in [1.807, 2.05) is 0 Å². The van der Waals surface area contributed by atoms with E-state index in [9.17, 15) is 0 Å². The minimum absolute atomic E-state index is 0.651. The summed E-state index contributed by atoms with van der Waals surface area (Å²) in [6.45, 7) is 12.0. The van der Waals surface area contributed by atoms with Gasteiger partial charge >= 0.3 is 0 Å². The molecule has 2 nitrogen and oxygen atoms in total. The molecule has 2 rings (SSSR count). The third-order valence-electron chi connectivity index (χ3n) is 5.32. The highest BCUT2D eigenvalue weighted by molar-refractivity contribution is 4.91. The summed E-state index contributed by atoms with van der Waals surface area (Å²) >= 11 is 0. The monoisotopic (exact) mass is 266 g/mol. The zero-order chi connectivity index (χ0) is 13.8. The lowest BCUT2D eigenvalue weighted by Gasteiger charge is -2.47. The van der Waals surface area contributed by atoms with Gasteiger partial charge in [0.2, 0.25) is 0 Å². The summed E-state index contributed by atoms with van der Waals surface area (Å²) in [7, 11) is 0. The van der Waals surface area contributed by atoms with Gasteiger partial charge in [0.05, 0.1) is 0 Å². The molecule has 4 unspecified atom stereocenters. The fourth-order valence-corrected chi connectivity index (χ4v) is 4.60. The number of nitrogens with zero attached hydrogens (tertiary/aromatic N) is 1. The molecule has 19 heavy (non-hydrogen) atoms. The highest BCUT2D eigenvalue weighted by Crippen LogP contribution is 2.35. The van der Waals surface area contributed by atoms with Crippen LogP contribution in [0.5, 0.6) is 0 Å². The molecule has 0 amide bonds. The summed E-state index contributed by atoms with van der Waals surface area (Å²) in [4.78, 5) is 2.88. The predicted octanol–water partition coefficient (Wildman–Crippen LogP) is 3.66. The van der Waals surface area contributed by atoms with Gasteiger partial charge in [0.25, 0.3) is 0 Å². The minimum Gasteiger partial charge on any atom is -0.313 e. The molecule has 0 spiro atoms. The molecule has 1 heterocycles. The van der Waals surface area contributed by atoms with E-state index in [4.69, 9.17) is 0 Å². The highest BCUT2D eigenvalue weighted by atomic mass is 15.2. The molecule has 1 saturated heterocycles. The Hall–Kier alpha value is -0.0800. The Bertz CT molecular complexity index is 256. The van der Waals surface area contributed by atoms with Crippen molar-refractivity contribution < 1.29 is 0 Å². The Balaban J connectivity index is 2.01. The zero-order valence-electron chi connectivity index (χ0n) is 13.5. The molecule has 4 atom stereocenters. The van der Waals surface area contributed by atoms with Crippen LogP contribution in [0.4, 0.5) is 0 Å². The lowest BCUT2D eigenvalue weighted by atomic mass is 9.78. The molecule has 0 aromatic heterocycles. The van der Waals surface area contributed by atoms with Crippen LogP contribution in [0.25, 0.3) is 0 Å². The Morgan fingerprint density at radius 3 is 2.42 bits per heavy atom. The molecule has 1 aliphatic carbocycles. The first-order chi connectivity index (χ1) is 9.11. The second kappa shape index (κ2) is 7.08. The van der Waals surface area contributed by atoms with Gasteiger partial charge in [0.1, 0.15) is 0 Å². The SMILES string of the molecule is CCNC(C)C1CCCCN1C1CC(C)CC(C)C1. The molecule has 0 radical (unpaired) electrons. The van der Waals surface area contributed by atoms with Gasteiger partial charge in [-0.2, -0.15) is 0 Å². The van der Waals surface area contributed by atoms with Crippen molar-refractivity contribution in [3.8, 4) is 0 Å². The van der Waals surface area contributed by atoms with Crippen molar-refractivity contribution in [3.63, 3.8) is 0 Å². The molecule has 1 saturated carbocycles. The van der Waals surface area contributed by atoms with Gasteiger partial charge in [-0.15, -0.1) is 0 Å². The summed E-state index contributed by atoms with van der Waals surface area (Å²) in [5, 5.41) is 3.67. The molecule has 1 N–H and O–H groups in total. The van der Waals surface area contributed by atoms with E-state index in [1.165, 1.54) is 45.1 Å². The van der Waals surface area contributed by atoms with Gasteiger partial charge in [-0.1, -0.05) is 27.2 Å². The maximum Gasteiger partial charge on any atom is 0.0249 e. The Kier molecular flexibility index (Phi) is 5.70. The largest absolute Gasteiger partial charge is 0.313 e. The Morgan fingerprint density at radius 1 is 1.11 bits per heavy atom. The van der Waals surface area contributed by atoms with Crippen molar-refractivity contribution in [2.75, 3.05) is 13.1 Å². The van der Waals surface area contributed by atoms with Crippen LogP contribution in [0.1, 0.15) is 66.2 Å². The summed E-state index contributed by atoms with van der Waals surface area (Å²) in [5.41, 5.74) is 0. The van der Waals surface area contributed by atoms with Crippen LogP contribution in [0, 0.1) is 11.8 Å². The number of rotatable bonds is 4. The zero-order valence-corrected chi connectivity index (χ0v) is 13.5. The van der Waals surface area contributed by atoms with Crippen LogP contribution in [0.3, 0.4) is 0 Å². The molecule has 2 heteroatoms. The maximum absolute atomic E-state index is 3.67. The van der Waals surface area contributed by atoms with Crippen LogP contribution in [0.15, 0.2) is 0 Å². The number of hydrogen-bond donors (Lipinski definition) is 1. The fraction of sp³-hybridized carbons (Fsp3) is 1.00. The number of likely N-dealkylation sites (tertiary alicyclic amines) is 1. The van der Waals surface area contributed by atoms with E-state index in [0.29, 0.717) is 6.04 Å². The van der Waals surface area contributed by atoms with Crippen molar-refractivity contribution in [3.05, 3.63) is 0 Å². The first kappa shape index (κ1) is 15.3. The minimum atomic E-state index is 0.651. The van der Waals surface area contributed by atoms with Crippen molar-refractivity contribution in [1.82, 2.24) is 10.2 Å². The third-order valence-corrected chi connectivity index (χ3v) is 5.32. The van der Waals surface area contributed by atoms with Crippen molar-refractivity contribution in [2.24, 2.45) is 11.8 Å². The van der Waals surface area contributed by atoms with Crippen molar-refractivity contribution in [2.45, 2.75) is 84.3 Å². The van der Waals surface area contributed by atoms with Crippen LogP contribution in [-0.2, 0) is 0 Å². The van der Waals surface area contributed by atoms with Gasteiger partial charge in [-0.3, -0.25) is 4.90 Å². The van der Waals surface area contributed by atoms with E-state index in [2.05, 4.69) is 37.9 Å². The van der Waals surface area contributed by atoms with E-state index in [0.717, 1.165) is 30.5 Å². The van der Waals surface area contributed by atoms with Gasteiger partial charge in [-0.25, -0.2) is 0 Å². The van der Waals surface area contributed by atoms with Gasteiger partial charge < -0.3 is 5.32 Å². The second-order valence-electron chi connectivity index (χ2n) is 7.22. The van der Waals surface area contributed by atoms with Gasteiger partial charge in [-0.05, 0) is 64.0 Å². The first-order valence-corrected chi connectivity index (χ1v) is 8.61. The second-order valence-corrected chi connectivity index (χ2v) is 7.22. The molecular weight excluding hydrogens is 232 g/mol. The smallest absolute Gasteiger partial charge is 0.0249 e. The fourth-order valence-electron chi connectivity index (χ4n) is 4.60. The first-order valence-electron chi connectivity index (χ1n) is 8.61. The molecular formula is C17H34N2. The van der Waals surface area contributed by atoms with Crippen LogP contribution >= 0.6 is 0 Å². The molecule has 0 aromatic rings. The lowest BCUT2D eigenvalue weighted by molar-refractivity contribution is 0.0325. The lowest BCUT2D eigenvalue weighted by Crippen LogP contribution is -2.56. The van der Waals surface area contributed by atoms with Crippen molar-refractivity contribution >= 4 is 0 Å². The molecule has 2 fully saturated rings. The summed E-state index contributed by atoms with van der Waals surface area (Å²) in [5.74, 6) is 1.84. The molecule has 1 aliphatic heterocycles. The molecule has 0 aromatic carbocycles. The topological polar surface area (TPSA) is 15.3 Å². The number of piperidine rings is 1. The van der Waals surface area contributed by atoms with E-state index in [1.54, 1.807) is 0 Å². The molecule has 112 valence electrons. The van der Waals surface area contributed by atoms with Crippen LogP contribution in [-0.4, -0.2) is 36.1 Å². The average Bonchev–Trinajstić information content (AvgIpc) is 2.38. The maximum atomic E-state index is 3.67. The molecule has 0 bridgehead atoms. The Labute approximate surface area is 120 Å². The Morgan fingerprint density at radius 2 is 1.79 bits per heavy atom. The van der Waals surface area contributed by atoms with Gasteiger partial charge in [0, 0.05) is 18.1 Å². The van der Waals surface area contributed by atoms with E-state index in [-0.39, 0.29) is 0 Å². The highest BCUT2D eigenvalue weighted by Gasteiger charge is 2.35. The van der Waals surface area contributed by atoms with Crippen LogP contribution in [0.2, 0.25) is 0 Å². The summed E-state index contributed by atoms with van der Waals surface area (Å²) in [6, 6.07) is 2.28. The van der Waals surface area contributed by atoms with E-state index >= 15 is 0 Å². The number of nitrogens with one attached hydrogen (secondary N) is 1. The summed E-state index contributed by atoms with van der Waals surface area (Å²) in [6.07, 6.45) is 8.54. The van der Waals surface area contributed by atoms with Crippen LogP contribution < -0.4 is 5.32 Å². The number of likely N-dealkylation sites (N-methyl/N-ethyl adjacent to an activating group) is 1. The average molecular weight is 266 g/mol. The normalized spacial score (nSPS) is 39.2. The van der Waals surface area contributed by atoms with Crippen molar-refractivity contribution in [1.29, 1.82) is 0 Å². The summed E-state index contributed by atoms with van der Waals surface area (Å²) < 4.78 is 0.